The maximum Gasteiger partial charge on any atom is 0.349 e. The Morgan fingerprint density at radius 2 is 1.82 bits per heavy atom. The number of anilines is 1. The molecule has 2 aromatic rings. The van der Waals surface area contributed by atoms with Gasteiger partial charge in [-0.05, 0) is 24.0 Å². The lowest BCUT2D eigenvalue weighted by atomic mass is 9.97. The summed E-state index contributed by atoms with van der Waals surface area (Å²) >= 11 is 0. The molecule has 0 atom stereocenters. The van der Waals surface area contributed by atoms with Crippen LogP contribution in [0.15, 0.2) is 23.0 Å². The molecule has 7 nitrogen and oxygen atoms in total. The zero-order chi connectivity index (χ0) is 16.1. The number of aromatic amines is 1. The highest BCUT2D eigenvalue weighted by molar-refractivity contribution is 5.74. The normalized spacial score (nSPS) is 10.3. The predicted molar refractivity (Wildman–Crippen MR) is 84.3 cm³/mol. The Kier molecular flexibility index (Phi) is 4.88. The van der Waals surface area contributed by atoms with Crippen molar-refractivity contribution in [3.8, 4) is 11.4 Å². The number of hydrogen-bond donors (Lipinski definition) is 3. The van der Waals surface area contributed by atoms with Crippen molar-refractivity contribution in [3.05, 3.63) is 39.8 Å². The van der Waals surface area contributed by atoms with Crippen molar-refractivity contribution in [2.45, 2.75) is 33.6 Å². The molecule has 0 radical (unpaired) electrons. The van der Waals surface area contributed by atoms with Gasteiger partial charge in [0.1, 0.15) is 5.82 Å². The van der Waals surface area contributed by atoms with Gasteiger partial charge < -0.3 is 0 Å². The average molecular weight is 301 g/mol. The molecule has 1 aromatic carbocycles. The maximum atomic E-state index is 11.8. The third-order valence-corrected chi connectivity index (χ3v) is 3.24. The number of H-pyrrole nitrogens is 1. The predicted octanol–water partition coefficient (Wildman–Crippen LogP) is 1.42. The Morgan fingerprint density at radius 1 is 1.18 bits per heavy atom. The zero-order valence-electron chi connectivity index (χ0n) is 12.9. The molecule has 0 saturated heterocycles. The first-order valence-electron chi connectivity index (χ1n) is 7.17. The molecule has 0 bridgehead atoms. The molecular formula is C15H19N5O2. The van der Waals surface area contributed by atoms with Gasteiger partial charge in [-0.15, -0.1) is 0 Å². The fourth-order valence-corrected chi connectivity index (χ4v) is 2.25. The topological polar surface area (TPSA) is 99.8 Å². The van der Waals surface area contributed by atoms with Crippen molar-refractivity contribution in [2.24, 2.45) is 0 Å². The fourth-order valence-electron chi connectivity index (χ4n) is 2.25. The lowest BCUT2D eigenvalue weighted by Gasteiger charge is -2.13. The standard InChI is InChI=1S/C15H19N5O2/c1-4-10-7-6-8-11(5-2)12(10)13-16-14(18-15(22)17-13)20-19-9(3)21/h6-8H,4-5H2,1-3H3,(H,19,21)(H2,16,17,18,20,22). The van der Waals surface area contributed by atoms with Crippen LogP contribution in [-0.2, 0) is 17.6 Å². The quantitative estimate of drug-likeness (QED) is 0.725. The van der Waals surface area contributed by atoms with Crippen LogP contribution in [0.2, 0.25) is 0 Å². The van der Waals surface area contributed by atoms with Crippen LogP contribution in [0, 0.1) is 0 Å². The number of benzene rings is 1. The number of amides is 1. The molecule has 1 heterocycles. The molecule has 1 aromatic heterocycles. The van der Waals surface area contributed by atoms with Crippen molar-refractivity contribution in [3.63, 3.8) is 0 Å². The third-order valence-electron chi connectivity index (χ3n) is 3.24. The number of carbonyl (C=O) groups is 1. The molecule has 2 rings (SSSR count). The summed E-state index contributed by atoms with van der Waals surface area (Å²) in [6.45, 7) is 5.45. The monoisotopic (exact) mass is 301 g/mol. The van der Waals surface area contributed by atoms with E-state index in [0.717, 1.165) is 29.5 Å². The molecular weight excluding hydrogens is 282 g/mol. The number of carbonyl (C=O) groups excluding carboxylic acids is 1. The molecule has 116 valence electrons. The van der Waals surface area contributed by atoms with E-state index in [1.807, 2.05) is 32.0 Å². The van der Waals surface area contributed by atoms with Gasteiger partial charge in [0.2, 0.25) is 11.9 Å². The molecule has 0 aliphatic carbocycles. The van der Waals surface area contributed by atoms with E-state index in [0.29, 0.717) is 5.82 Å². The molecule has 22 heavy (non-hydrogen) atoms. The van der Waals surface area contributed by atoms with E-state index in [-0.39, 0.29) is 11.9 Å². The number of nitrogens with one attached hydrogen (secondary N) is 3. The smallest absolute Gasteiger partial charge is 0.290 e. The van der Waals surface area contributed by atoms with Gasteiger partial charge in [-0.3, -0.25) is 20.6 Å². The Hall–Kier alpha value is -2.70. The molecule has 0 spiro atoms. The summed E-state index contributed by atoms with van der Waals surface area (Å²) in [5.41, 5.74) is 7.47. The van der Waals surface area contributed by atoms with Crippen LogP contribution in [0.5, 0.6) is 0 Å². The summed E-state index contributed by atoms with van der Waals surface area (Å²) in [7, 11) is 0. The Balaban J connectivity index is 2.53. The van der Waals surface area contributed by atoms with E-state index in [1.54, 1.807) is 0 Å². The minimum atomic E-state index is -0.522. The van der Waals surface area contributed by atoms with Crippen LogP contribution < -0.4 is 16.5 Å². The van der Waals surface area contributed by atoms with Crippen LogP contribution in [-0.4, -0.2) is 20.9 Å². The molecule has 0 saturated carbocycles. The molecule has 0 aliphatic rings. The van der Waals surface area contributed by atoms with Crippen LogP contribution in [0.4, 0.5) is 5.95 Å². The Bertz CT molecular complexity index is 717. The van der Waals surface area contributed by atoms with Gasteiger partial charge in [0, 0.05) is 12.5 Å². The highest BCUT2D eigenvalue weighted by Crippen LogP contribution is 2.25. The summed E-state index contributed by atoms with van der Waals surface area (Å²) in [5, 5.41) is 0. The summed E-state index contributed by atoms with van der Waals surface area (Å²) in [6, 6.07) is 6.02. The lowest BCUT2D eigenvalue weighted by Crippen LogP contribution is -2.29. The average Bonchev–Trinajstić information content (AvgIpc) is 2.51. The molecule has 1 amide bonds. The number of aryl methyl sites for hydroxylation is 2. The molecule has 7 heteroatoms. The van der Waals surface area contributed by atoms with Crippen molar-refractivity contribution in [2.75, 3.05) is 5.43 Å². The SMILES string of the molecule is CCc1cccc(CC)c1-c1nc(NNC(C)=O)nc(=O)[nH]1. The first-order chi connectivity index (χ1) is 10.5. The largest absolute Gasteiger partial charge is 0.349 e. The van der Waals surface area contributed by atoms with Gasteiger partial charge in [-0.25, -0.2) is 4.79 Å². The Labute approximate surface area is 128 Å². The van der Waals surface area contributed by atoms with Crippen molar-refractivity contribution in [1.82, 2.24) is 20.4 Å². The lowest BCUT2D eigenvalue weighted by molar-refractivity contribution is -0.118. The fraction of sp³-hybridized carbons (Fsp3) is 0.333. The summed E-state index contributed by atoms with van der Waals surface area (Å²) in [6.07, 6.45) is 1.65. The molecule has 3 N–H and O–H groups in total. The van der Waals surface area contributed by atoms with E-state index >= 15 is 0 Å². The van der Waals surface area contributed by atoms with Crippen LogP contribution in [0.1, 0.15) is 31.9 Å². The summed E-state index contributed by atoms with van der Waals surface area (Å²) < 4.78 is 0. The second-order valence-corrected chi connectivity index (χ2v) is 4.79. The number of hydrazine groups is 1. The summed E-state index contributed by atoms with van der Waals surface area (Å²) in [4.78, 5) is 33.4. The first kappa shape index (κ1) is 15.7. The second kappa shape index (κ2) is 6.84. The van der Waals surface area contributed by atoms with E-state index < -0.39 is 5.69 Å². The van der Waals surface area contributed by atoms with Crippen LogP contribution in [0.25, 0.3) is 11.4 Å². The van der Waals surface area contributed by atoms with E-state index in [2.05, 4.69) is 25.8 Å². The Morgan fingerprint density at radius 3 is 2.36 bits per heavy atom. The van der Waals surface area contributed by atoms with Gasteiger partial charge in [0.25, 0.3) is 0 Å². The molecule has 0 unspecified atom stereocenters. The van der Waals surface area contributed by atoms with Gasteiger partial charge >= 0.3 is 5.69 Å². The van der Waals surface area contributed by atoms with Crippen molar-refractivity contribution < 1.29 is 4.79 Å². The molecule has 0 aliphatic heterocycles. The van der Waals surface area contributed by atoms with Crippen molar-refractivity contribution >= 4 is 11.9 Å². The minimum Gasteiger partial charge on any atom is -0.290 e. The molecule has 0 fully saturated rings. The highest BCUT2D eigenvalue weighted by atomic mass is 16.2. The second-order valence-electron chi connectivity index (χ2n) is 4.79. The first-order valence-corrected chi connectivity index (χ1v) is 7.17. The minimum absolute atomic E-state index is 0.0573. The van der Waals surface area contributed by atoms with Gasteiger partial charge in [0.05, 0.1) is 0 Å². The van der Waals surface area contributed by atoms with E-state index in [4.69, 9.17) is 0 Å². The van der Waals surface area contributed by atoms with Crippen molar-refractivity contribution in [1.29, 1.82) is 0 Å². The van der Waals surface area contributed by atoms with Gasteiger partial charge in [-0.2, -0.15) is 9.97 Å². The summed E-state index contributed by atoms with van der Waals surface area (Å²) in [5.74, 6) is 0.206. The number of aromatic nitrogens is 3. The zero-order valence-corrected chi connectivity index (χ0v) is 12.9. The third kappa shape index (κ3) is 3.49. The van der Waals surface area contributed by atoms with Crippen LogP contribution >= 0.6 is 0 Å². The van der Waals surface area contributed by atoms with E-state index in [1.165, 1.54) is 6.92 Å². The highest BCUT2D eigenvalue weighted by Gasteiger charge is 2.13. The number of hydrogen-bond acceptors (Lipinski definition) is 5. The number of rotatable bonds is 5. The van der Waals surface area contributed by atoms with Crippen LogP contribution in [0.3, 0.4) is 0 Å². The number of nitrogens with zero attached hydrogens (tertiary/aromatic N) is 2. The van der Waals surface area contributed by atoms with E-state index in [9.17, 15) is 9.59 Å². The maximum absolute atomic E-state index is 11.8. The van der Waals surface area contributed by atoms with Gasteiger partial charge in [-0.1, -0.05) is 32.0 Å². The van der Waals surface area contributed by atoms with Gasteiger partial charge in [0.15, 0.2) is 0 Å².